The van der Waals surface area contributed by atoms with Crippen LogP contribution < -0.4 is 0 Å². The molecule has 0 fully saturated rings. The van der Waals surface area contributed by atoms with Gasteiger partial charge in [0, 0.05) is 24.2 Å². The summed E-state index contributed by atoms with van der Waals surface area (Å²) in [4.78, 5) is 3.12. The van der Waals surface area contributed by atoms with Crippen LogP contribution in [-0.4, -0.2) is 12.1 Å². The number of aromatic amines is 1. The van der Waals surface area contributed by atoms with Crippen molar-refractivity contribution in [2.45, 2.75) is 6.61 Å². The van der Waals surface area contributed by atoms with Gasteiger partial charge in [0.25, 0.3) is 0 Å². The monoisotopic (exact) mass is 195 g/mol. The molecular weight excluding hydrogens is 186 g/mol. The molecule has 1 aromatic carbocycles. The number of nitrogens with one attached hydrogen (secondary N) is 1. The molecule has 0 bridgehead atoms. The minimum Gasteiger partial charge on any atom is -0.380 e. The lowest BCUT2D eigenvalue weighted by Gasteiger charge is -2.01. The molecule has 2 nitrogen and oxygen atoms in total. The zero-order valence-electron chi connectivity index (χ0n) is 7.30. The Hall–Kier alpha value is -0.990. The lowest BCUT2D eigenvalue weighted by atomic mass is 10.2. The molecule has 1 heterocycles. The topological polar surface area (TPSA) is 25.0 Å². The summed E-state index contributed by atoms with van der Waals surface area (Å²) in [5.41, 5.74) is 2.14. The van der Waals surface area contributed by atoms with Crippen LogP contribution in [0.25, 0.3) is 10.9 Å². The fourth-order valence-corrected chi connectivity index (χ4v) is 1.73. The summed E-state index contributed by atoms with van der Waals surface area (Å²) in [6.45, 7) is 0.592. The molecule has 0 saturated heterocycles. The number of ether oxygens (including phenoxy) is 1. The van der Waals surface area contributed by atoms with E-state index in [2.05, 4.69) is 4.98 Å². The molecule has 2 rings (SSSR count). The van der Waals surface area contributed by atoms with E-state index >= 15 is 0 Å². The summed E-state index contributed by atoms with van der Waals surface area (Å²) < 4.78 is 5.04. The summed E-state index contributed by atoms with van der Waals surface area (Å²) in [6.07, 6.45) is 1.88. The van der Waals surface area contributed by atoms with Crippen LogP contribution in [0.4, 0.5) is 0 Å². The first-order chi connectivity index (χ1) is 6.31. The van der Waals surface area contributed by atoms with E-state index in [9.17, 15) is 0 Å². The molecule has 0 radical (unpaired) electrons. The highest BCUT2D eigenvalue weighted by molar-refractivity contribution is 6.35. The van der Waals surface area contributed by atoms with E-state index in [1.807, 2.05) is 24.4 Å². The third-order valence-corrected chi connectivity index (χ3v) is 2.30. The number of fused-ring (bicyclic) bond motifs is 1. The maximum absolute atomic E-state index is 6.06. The Morgan fingerprint density at radius 3 is 3.08 bits per heavy atom. The third-order valence-electron chi connectivity index (χ3n) is 1.99. The van der Waals surface area contributed by atoms with Gasteiger partial charge in [-0.2, -0.15) is 0 Å². The second-order valence-corrected chi connectivity index (χ2v) is 3.36. The van der Waals surface area contributed by atoms with Gasteiger partial charge in [-0.25, -0.2) is 0 Å². The van der Waals surface area contributed by atoms with Gasteiger partial charge in [-0.3, -0.25) is 0 Å². The lowest BCUT2D eigenvalue weighted by Crippen LogP contribution is -1.87. The van der Waals surface area contributed by atoms with E-state index < -0.39 is 0 Å². The van der Waals surface area contributed by atoms with E-state index in [0.29, 0.717) is 6.61 Å². The predicted octanol–water partition coefficient (Wildman–Crippen LogP) is 2.97. The van der Waals surface area contributed by atoms with Gasteiger partial charge in [0.05, 0.1) is 11.6 Å². The fraction of sp³-hybridized carbons (Fsp3) is 0.200. The number of halogens is 1. The van der Waals surface area contributed by atoms with Crippen molar-refractivity contribution in [2.24, 2.45) is 0 Å². The van der Waals surface area contributed by atoms with Crippen LogP contribution >= 0.6 is 11.6 Å². The Balaban J connectivity index is 2.56. The molecular formula is C10H10ClNO. The molecule has 0 unspecified atom stereocenters. The van der Waals surface area contributed by atoms with Crippen LogP contribution in [0.3, 0.4) is 0 Å². The van der Waals surface area contributed by atoms with Crippen molar-refractivity contribution in [2.75, 3.05) is 7.11 Å². The first-order valence-corrected chi connectivity index (χ1v) is 4.43. The largest absolute Gasteiger partial charge is 0.380 e. The Labute approximate surface area is 81.5 Å². The van der Waals surface area contributed by atoms with Crippen LogP contribution in [0.5, 0.6) is 0 Å². The molecule has 0 amide bonds. The van der Waals surface area contributed by atoms with Crippen molar-refractivity contribution in [1.82, 2.24) is 4.98 Å². The standard InChI is InChI=1S/C10H10ClNO/c1-13-6-7-4-9(11)8-2-3-12-10(8)5-7/h2-5,12H,6H2,1H3. The molecule has 0 aliphatic heterocycles. The first-order valence-electron chi connectivity index (χ1n) is 4.05. The summed E-state index contributed by atoms with van der Waals surface area (Å²) in [5.74, 6) is 0. The van der Waals surface area contributed by atoms with Crippen LogP contribution in [0, 0.1) is 0 Å². The first kappa shape index (κ1) is 8.60. The van der Waals surface area contributed by atoms with E-state index in [1.54, 1.807) is 7.11 Å². The van der Waals surface area contributed by atoms with Crippen molar-refractivity contribution >= 4 is 22.5 Å². The molecule has 0 aliphatic carbocycles. The van der Waals surface area contributed by atoms with E-state index in [1.165, 1.54) is 0 Å². The number of rotatable bonds is 2. The van der Waals surface area contributed by atoms with Gasteiger partial charge in [0.2, 0.25) is 0 Å². The Bertz CT molecular complexity index is 422. The molecule has 1 N–H and O–H groups in total. The number of benzene rings is 1. The summed E-state index contributed by atoms with van der Waals surface area (Å²) >= 11 is 6.06. The highest BCUT2D eigenvalue weighted by atomic mass is 35.5. The zero-order valence-corrected chi connectivity index (χ0v) is 8.06. The van der Waals surface area contributed by atoms with Gasteiger partial charge in [-0.1, -0.05) is 11.6 Å². The molecule has 0 saturated carbocycles. The van der Waals surface area contributed by atoms with Crippen molar-refractivity contribution in [3.05, 3.63) is 35.0 Å². The minimum atomic E-state index is 0.592. The SMILES string of the molecule is COCc1cc(Cl)c2cc[nH]c2c1. The maximum Gasteiger partial charge on any atom is 0.0714 e. The van der Waals surface area contributed by atoms with Crippen LogP contribution in [0.1, 0.15) is 5.56 Å². The molecule has 0 atom stereocenters. The lowest BCUT2D eigenvalue weighted by molar-refractivity contribution is 0.185. The highest BCUT2D eigenvalue weighted by Gasteiger charge is 2.02. The number of aromatic nitrogens is 1. The molecule has 0 spiro atoms. The van der Waals surface area contributed by atoms with Crippen molar-refractivity contribution < 1.29 is 4.74 Å². The van der Waals surface area contributed by atoms with Crippen LogP contribution in [0.2, 0.25) is 5.02 Å². The van der Waals surface area contributed by atoms with E-state index in [-0.39, 0.29) is 0 Å². The molecule has 68 valence electrons. The second kappa shape index (κ2) is 3.40. The molecule has 2 aromatic rings. The molecule has 3 heteroatoms. The molecule has 0 aliphatic rings. The van der Waals surface area contributed by atoms with Gasteiger partial charge in [-0.05, 0) is 23.8 Å². The van der Waals surface area contributed by atoms with Gasteiger partial charge in [0.1, 0.15) is 0 Å². The van der Waals surface area contributed by atoms with Crippen LogP contribution in [-0.2, 0) is 11.3 Å². The average Bonchev–Trinajstić information content (AvgIpc) is 2.53. The van der Waals surface area contributed by atoms with Gasteiger partial charge < -0.3 is 9.72 Å². The fourth-order valence-electron chi connectivity index (χ4n) is 1.43. The predicted molar refractivity (Wildman–Crippen MR) is 54.0 cm³/mol. The van der Waals surface area contributed by atoms with Crippen molar-refractivity contribution in [3.8, 4) is 0 Å². The maximum atomic E-state index is 6.06. The van der Waals surface area contributed by atoms with Gasteiger partial charge in [0.15, 0.2) is 0 Å². The summed E-state index contributed by atoms with van der Waals surface area (Å²) in [6, 6.07) is 5.94. The summed E-state index contributed by atoms with van der Waals surface area (Å²) in [5, 5.41) is 1.83. The van der Waals surface area contributed by atoms with E-state index in [0.717, 1.165) is 21.5 Å². The Morgan fingerprint density at radius 2 is 2.31 bits per heavy atom. The van der Waals surface area contributed by atoms with Gasteiger partial charge in [-0.15, -0.1) is 0 Å². The smallest absolute Gasteiger partial charge is 0.0714 e. The number of methoxy groups -OCH3 is 1. The quantitative estimate of drug-likeness (QED) is 0.783. The normalized spacial score (nSPS) is 10.9. The Morgan fingerprint density at radius 1 is 1.46 bits per heavy atom. The van der Waals surface area contributed by atoms with E-state index in [4.69, 9.17) is 16.3 Å². The number of hydrogen-bond donors (Lipinski definition) is 1. The van der Waals surface area contributed by atoms with Gasteiger partial charge >= 0.3 is 0 Å². The number of H-pyrrole nitrogens is 1. The minimum absolute atomic E-state index is 0.592. The highest BCUT2D eigenvalue weighted by Crippen LogP contribution is 2.24. The third kappa shape index (κ3) is 1.55. The van der Waals surface area contributed by atoms with Crippen molar-refractivity contribution in [3.63, 3.8) is 0 Å². The summed E-state index contributed by atoms with van der Waals surface area (Å²) in [7, 11) is 1.67. The molecule has 1 aromatic heterocycles. The number of hydrogen-bond acceptors (Lipinski definition) is 1. The van der Waals surface area contributed by atoms with Crippen LogP contribution in [0.15, 0.2) is 24.4 Å². The Kier molecular flexibility index (Phi) is 2.25. The second-order valence-electron chi connectivity index (χ2n) is 2.95. The molecule has 13 heavy (non-hydrogen) atoms. The van der Waals surface area contributed by atoms with Crippen molar-refractivity contribution in [1.29, 1.82) is 0 Å². The average molecular weight is 196 g/mol. The zero-order chi connectivity index (χ0) is 9.26.